The Kier molecular flexibility index (Phi) is 9.01. The smallest absolute Gasteiger partial charge is 0.171 e. The SMILES string of the molecule is C=C/C=C\C(=C/C(C)CN1CCCC(c2cc(NCc3cccnc3)n3ncc(Br)c3n2)C1)c1ccccc1. The van der Waals surface area contributed by atoms with E-state index in [1.54, 1.807) is 6.20 Å². The highest BCUT2D eigenvalue weighted by molar-refractivity contribution is 9.10. The van der Waals surface area contributed by atoms with Crippen LogP contribution in [0.15, 0.2) is 102 Å². The van der Waals surface area contributed by atoms with Crippen molar-refractivity contribution in [3.8, 4) is 0 Å². The van der Waals surface area contributed by atoms with E-state index in [-0.39, 0.29) is 0 Å². The Morgan fingerprint density at radius 2 is 2.08 bits per heavy atom. The largest absolute Gasteiger partial charge is 0.366 e. The average Bonchev–Trinajstić information content (AvgIpc) is 3.35. The Balaban J connectivity index is 1.32. The zero-order chi connectivity index (χ0) is 27.0. The molecular weight excluding hydrogens is 548 g/mol. The third-order valence-electron chi connectivity index (χ3n) is 7.10. The lowest BCUT2D eigenvalue weighted by Crippen LogP contribution is -2.37. The van der Waals surface area contributed by atoms with Crippen LogP contribution in [0.3, 0.4) is 0 Å². The summed E-state index contributed by atoms with van der Waals surface area (Å²) in [7, 11) is 0. The maximum Gasteiger partial charge on any atom is 0.171 e. The van der Waals surface area contributed by atoms with E-state index in [4.69, 9.17) is 4.98 Å². The minimum absolute atomic E-state index is 0.370. The molecule has 1 N–H and O–H groups in total. The molecule has 4 heterocycles. The molecule has 4 aromatic rings. The van der Waals surface area contributed by atoms with Crippen LogP contribution in [0.2, 0.25) is 0 Å². The lowest BCUT2D eigenvalue weighted by molar-refractivity contribution is 0.192. The number of halogens is 1. The number of nitrogens with one attached hydrogen (secondary N) is 1. The van der Waals surface area contributed by atoms with Crippen molar-refractivity contribution < 1.29 is 0 Å². The molecule has 0 amide bonds. The number of hydrogen-bond acceptors (Lipinski definition) is 5. The van der Waals surface area contributed by atoms with Gasteiger partial charge in [-0.05, 0) is 64.0 Å². The van der Waals surface area contributed by atoms with Gasteiger partial charge in [-0.3, -0.25) is 4.98 Å². The summed E-state index contributed by atoms with van der Waals surface area (Å²) in [6, 6.07) is 16.8. The topological polar surface area (TPSA) is 58.4 Å². The quantitative estimate of drug-likeness (QED) is 0.201. The lowest BCUT2D eigenvalue weighted by Gasteiger charge is -2.34. The fourth-order valence-corrected chi connectivity index (χ4v) is 5.61. The molecule has 7 heteroatoms. The Morgan fingerprint density at radius 1 is 1.21 bits per heavy atom. The van der Waals surface area contributed by atoms with E-state index in [0.717, 1.165) is 59.7 Å². The first-order chi connectivity index (χ1) is 19.1. The number of allylic oxidation sites excluding steroid dienone is 4. The highest BCUT2D eigenvalue weighted by Crippen LogP contribution is 2.30. The van der Waals surface area contributed by atoms with E-state index < -0.39 is 0 Å². The number of fused-ring (bicyclic) bond motifs is 1. The van der Waals surface area contributed by atoms with Gasteiger partial charge in [0.2, 0.25) is 0 Å². The summed E-state index contributed by atoms with van der Waals surface area (Å²) < 4.78 is 2.78. The van der Waals surface area contributed by atoms with E-state index in [9.17, 15) is 0 Å². The number of hydrogen-bond donors (Lipinski definition) is 1. The van der Waals surface area contributed by atoms with Crippen LogP contribution in [0.25, 0.3) is 11.2 Å². The van der Waals surface area contributed by atoms with Crippen LogP contribution in [-0.2, 0) is 6.54 Å². The molecule has 5 rings (SSSR count). The van der Waals surface area contributed by atoms with Crippen LogP contribution in [0.4, 0.5) is 5.82 Å². The van der Waals surface area contributed by atoms with Crippen molar-refractivity contribution in [1.29, 1.82) is 0 Å². The summed E-state index contributed by atoms with van der Waals surface area (Å²) in [5.74, 6) is 1.72. The molecule has 200 valence electrons. The van der Waals surface area contributed by atoms with Gasteiger partial charge in [0, 0.05) is 44.0 Å². The highest BCUT2D eigenvalue weighted by Gasteiger charge is 2.25. The third-order valence-corrected chi connectivity index (χ3v) is 7.66. The molecule has 6 nitrogen and oxygen atoms in total. The average molecular weight is 584 g/mol. The van der Waals surface area contributed by atoms with Crippen LogP contribution in [0.5, 0.6) is 0 Å². The van der Waals surface area contributed by atoms with Gasteiger partial charge in [0.1, 0.15) is 5.82 Å². The van der Waals surface area contributed by atoms with Crippen LogP contribution < -0.4 is 5.32 Å². The number of pyridine rings is 1. The van der Waals surface area contributed by atoms with Crippen molar-refractivity contribution in [2.45, 2.75) is 32.2 Å². The molecular formula is C32H35BrN6. The Hall–Kier alpha value is -3.55. The summed E-state index contributed by atoms with van der Waals surface area (Å²) in [6.45, 7) is 9.95. The summed E-state index contributed by atoms with van der Waals surface area (Å²) in [6.07, 6.45) is 16.2. The van der Waals surface area contributed by atoms with Crippen molar-refractivity contribution in [3.63, 3.8) is 0 Å². The number of rotatable bonds is 10. The van der Waals surface area contributed by atoms with Gasteiger partial charge in [0.05, 0.1) is 16.4 Å². The minimum Gasteiger partial charge on any atom is -0.366 e. The predicted octanol–water partition coefficient (Wildman–Crippen LogP) is 7.14. The maximum atomic E-state index is 5.05. The number of aromatic nitrogens is 4. The van der Waals surface area contributed by atoms with Crippen LogP contribution in [-0.4, -0.2) is 44.1 Å². The van der Waals surface area contributed by atoms with Gasteiger partial charge in [-0.1, -0.05) is 74.2 Å². The second kappa shape index (κ2) is 13.0. The van der Waals surface area contributed by atoms with E-state index in [2.05, 4.69) is 104 Å². The van der Waals surface area contributed by atoms with Crippen molar-refractivity contribution in [3.05, 3.63) is 119 Å². The van der Waals surface area contributed by atoms with Gasteiger partial charge in [0.15, 0.2) is 5.65 Å². The van der Waals surface area contributed by atoms with Gasteiger partial charge >= 0.3 is 0 Å². The van der Waals surface area contributed by atoms with Crippen molar-refractivity contribution in [1.82, 2.24) is 24.5 Å². The molecule has 1 aliphatic rings. The third kappa shape index (κ3) is 6.91. The second-order valence-corrected chi connectivity index (χ2v) is 11.0. The van der Waals surface area contributed by atoms with Gasteiger partial charge in [-0.2, -0.15) is 9.61 Å². The maximum absolute atomic E-state index is 5.05. The van der Waals surface area contributed by atoms with Gasteiger partial charge in [-0.25, -0.2) is 4.98 Å². The van der Waals surface area contributed by atoms with Gasteiger partial charge < -0.3 is 10.2 Å². The first-order valence-electron chi connectivity index (χ1n) is 13.6. The van der Waals surface area contributed by atoms with E-state index in [1.165, 1.54) is 11.1 Å². The molecule has 39 heavy (non-hydrogen) atoms. The zero-order valence-corrected chi connectivity index (χ0v) is 24.0. The van der Waals surface area contributed by atoms with E-state index in [1.807, 2.05) is 35.1 Å². The number of benzene rings is 1. The van der Waals surface area contributed by atoms with E-state index in [0.29, 0.717) is 18.4 Å². The van der Waals surface area contributed by atoms with Crippen LogP contribution >= 0.6 is 15.9 Å². The standard InChI is InChI=1S/C32H35BrN6/c1-3-4-11-27(26-12-6-5-7-13-26)17-24(2)22-38-16-9-14-28(23-38)30-18-31(35-20-25-10-8-15-34-19-25)39-32(37-30)29(33)21-36-39/h3-8,10-13,15,17-19,21,24,28,35H,1,9,14,16,20,22-23H2,2H3/b11-4-,27-17+. The molecule has 3 aromatic heterocycles. The fourth-order valence-electron chi connectivity index (χ4n) is 5.26. The molecule has 0 saturated carbocycles. The first-order valence-corrected chi connectivity index (χ1v) is 14.4. The van der Waals surface area contributed by atoms with Crippen LogP contribution in [0, 0.1) is 5.92 Å². The molecule has 2 unspecified atom stereocenters. The van der Waals surface area contributed by atoms with Gasteiger partial charge in [-0.15, -0.1) is 0 Å². The normalized spacial score (nSPS) is 17.5. The summed E-state index contributed by atoms with van der Waals surface area (Å²) >= 11 is 3.65. The summed E-state index contributed by atoms with van der Waals surface area (Å²) in [5, 5.41) is 8.10. The Morgan fingerprint density at radius 3 is 2.87 bits per heavy atom. The molecule has 1 saturated heterocycles. The molecule has 0 radical (unpaired) electrons. The molecule has 1 aliphatic heterocycles. The summed E-state index contributed by atoms with van der Waals surface area (Å²) in [4.78, 5) is 11.9. The monoisotopic (exact) mass is 582 g/mol. The minimum atomic E-state index is 0.370. The Labute approximate surface area is 239 Å². The van der Waals surface area contributed by atoms with Gasteiger partial charge in [0.25, 0.3) is 0 Å². The number of likely N-dealkylation sites (tertiary alicyclic amines) is 1. The molecule has 1 aromatic carbocycles. The fraction of sp³-hybridized carbons (Fsp3) is 0.281. The Bertz CT molecular complexity index is 1440. The number of nitrogens with zero attached hydrogens (tertiary/aromatic N) is 5. The molecule has 0 aliphatic carbocycles. The first kappa shape index (κ1) is 27.0. The van der Waals surface area contributed by atoms with Crippen LogP contribution in [0.1, 0.15) is 42.5 Å². The van der Waals surface area contributed by atoms with Crippen molar-refractivity contribution in [2.75, 3.05) is 25.0 Å². The van der Waals surface area contributed by atoms with Crippen molar-refractivity contribution >= 4 is 33.0 Å². The van der Waals surface area contributed by atoms with E-state index >= 15 is 0 Å². The lowest BCUT2D eigenvalue weighted by atomic mass is 9.93. The zero-order valence-electron chi connectivity index (χ0n) is 22.4. The molecule has 2 atom stereocenters. The second-order valence-electron chi connectivity index (χ2n) is 10.2. The highest BCUT2D eigenvalue weighted by atomic mass is 79.9. The molecule has 0 bridgehead atoms. The number of anilines is 1. The number of piperidine rings is 1. The predicted molar refractivity (Wildman–Crippen MR) is 164 cm³/mol. The molecule has 1 fully saturated rings. The van der Waals surface area contributed by atoms with Crippen molar-refractivity contribution in [2.24, 2.45) is 5.92 Å². The summed E-state index contributed by atoms with van der Waals surface area (Å²) in [5.41, 5.74) is 5.55. The molecule has 0 spiro atoms.